The van der Waals surface area contributed by atoms with E-state index in [0.717, 1.165) is 50.5 Å². The minimum Gasteiger partial charge on any atom is -0.507 e. The summed E-state index contributed by atoms with van der Waals surface area (Å²) in [5.41, 5.74) is 0.794. The van der Waals surface area contributed by atoms with Gasteiger partial charge in [0, 0.05) is 11.6 Å². The van der Waals surface area contributed by atoms with E-state index >= 15 is 0 Å². The Bertz CT molecular complexity index is 1300. The van der Waals surface area contributed by atoms with Crippen LogP contribution in [-0.2, 0) is 20.7 Å². The Kier molecular flexibility index (Phi) is 9.37. The lowest BCUT2D eigenvalue weighted by molar-refractivity contribution is -0.204. The number of esters is 1. The Labute approximate surface area is 252 Å². The van der Waals surface area contributed by atoms with Gasteiger partial charge in [0.05, 0.1) is 17.3 Å². The van der Waals surface area contributed by atoms with Crippen LogP contribution in [0.1, 0.15) is 103 Å². The molecule has 1 aromatic heterocycles. The first-order valence-corrected chi connectivity index (χ1v) is 15.9. The van der Waals surface area contributed by atoms with Crippen molar-refractivity contribution in [3.8, 4) is 5.75 Å². The number of fused-ring (bicyclic) bond motifs is 3. The van der Waals surface area contributed by atoms with Crippen molar-refractivity contribution in [1.82, 2.24) is 0 Å². The topological polar surface area (TPSA) is 86.0 Å². The van der Waals surface area contributed by atoms with Crippen LogP contribution in [0.15, 0.2) is 45.7 Å². The van der Waals surface area contributed by atoms with Crippen LogP contribution in [0, 0.1) is 42.4 Å². The van der Waals surface area contributed by atoms with E-state index in [1.807, 2.05) is 19.9 Å². The predicted octanol–water partition coefficient (Wildman–Crippen LogP) is 7.92. The summed E-state index contributed by atoms with van der Waals surface area (Å²) in [5.74, 6) is 1.00. The number of carbonyl (C=O) groups excluding carboxylic acids is 1. The molecular weight excluding hydrogens is 528 g/mol. The lowest BCUT2D eigenvalue weighted by atomic mass is 9.45. The molecule has 232 valence electrons. The van der Waals surface area contributed by atoms with Gasteiger partial charge in [-0.3, -0.25) is 0 Å². The second-order valence-corrected chi connectivity index (χ2v) is 14.3. The van der Waals surface area contributed by atoms with Crippen molar-refractivity contribution in [2.75, 3.05) is 0 Å². The standard InChI is InChI=1S/C36H52O6/c1-10-22(2)13-11-12-14-31(37)41-29-17-20-36(9)28-16-15-23(3)27(21-26-32(38)24(4)25(5)40-33(26)39)35(28,8)19-18-30(36)42-34(29,6)7/h11-14,22,27-30,38H,3,10,15-21H2,1-2,4-9H3/b13-11+,14-12+. The van der Waals surface area contributed by atoms with Crippen molar-refractivity contribution < 1.29 is 23.8 Å². The molecule has 0 spiro atoms. The van der Waals surface area contributed by atoms with Gasteiger partial charge in [-0.2, -0.15) is 0 Å². The third-order valence-corrected chi connectivity index (χ3v) is 11.2. The summed E-state index contributed by atoms with van der Waals surface area (Å²) in [6.45, 7) is 21.0. The van der Waals surface area contributed by atoms with Crippen LogP contribution in [0.5, 0.6) is 5.75 Å². The highest BCUT2D eigenvalue weighted by molar-refractivity contribution is 5.82. The molecule has 7 atom stereocenters. The molecule has 6 nitrogen and oxygen atoms in total. The van der Waals surface area contributed by atoms with Gasteiger partial charge in [0.2, 0.25) is 0 Å². The molecule has 3 fully saturated rings. The van der Waals surface area contributed by atoms with E-state index in [2.05, 4.69) is 40.3 Å². The Morgan fingerprint density at radius 2 is 1.81 bits per heavy atom. The Morgan fingerprint density at radius 3 is 2.50 bits per heavy atom. The van der Waals surface area contributed by atoms with E-state index in [1.165, 1.54) is 6.08 Å². The number of hydrogen-bond donors (Lipinski definition) is 1. The fraction of sp³-hybridized carbons (Fsp3) is 0.667. The molecule has 7 unspecified atom stereocenters. The maximum absolute atomic E-state index is 12.9. The summed E-state index contributed by atoms with van der Waals surface area (Å²) in [6, 6.07) is 0. The molecule has 1 N–H and O–H groups in total. The van der Waals surface area contributed by atoms with Gasteiger partial charge >= 0.3 is 11.6 Å². The molecule has 1 aliphatic heterocycles. The van der Waals surface area contributed by atoms with Crippen LogP contribution >= 0.6 is 0 Å². The quantitative estimate of drug-likeness (QED) is 0.153. The van der Waals surface area contributed by atoms with Gasteiger partial charge in [-0.25, -0.2) is 9.59 Å². The van der Waals surface area contributed by atoms with Gasteiger partial charge < -0.3 is 19.0 Å². The maximum Gasteiger partial charge on any atom is 0.342 e. The number of ether oxygens (including phenoxy) is 2. The fourth-order valence-corrected chi connectivity index (χ4v) is 8.16. The first kappa shape index (κ1) is 32.3. The highest BCUT2D eigenvalue weighted by Gasteiger charge is 2.60. The smallest absolute Gasteiger partial charge is 0.342 e. The summed E-state index contributed by atoms with van der Waals surface area (Å²) in [4.78, 5) is 25.7. The minimum absolute atomic E-state index is 0.0374. The zero-order valence-corrected chi connectivity index (χ0v) is 27.0. The van der Waals surface area contributed by atoms with Gasteiger partial charge in [-0.05, 0) is 101 Å². The number of aryl methyl sites for hydroxylation is 1. The summed E-state index contributed by atoms with van der Waals surface area (Å²) in [5, 5.41) is 10.9. The number of rotatable bonds is 7. The molecule has 2 heterocycles. The van der Waals surface area contributed by atoms with Crippen molar-refractivity contribution in [3.05, 3.63) is 63.8 Å². The van der Waals surface area contributed by atoms with Crippen molar-refractivity contribution in [1.29, 1.82) is 0 Å². The van der Waals surface area contributed by atoms with E-state index < -0.39 is 11.2 Å². The Morgan fingerprint density at radius 1 is 1.12 bits per heavy atom. The minimum atomic E-state index is -0.617. The van der Waals surface area contributed by atoms with E-state index in [4.69, 9.17) is 13.9 Å². The molecule has 2 saturated carbocycles. The third-order valence-electron chi connectivity index (χ3n) is 11.2. The van der Waals surface area contributed by atoms with Crippen LogP contribution in [0.3, 0.4) is 0 Å². The van der Waals surface area contributed by atoms with Crippen molar-refractivity contribution in [2.24, 2.45) is 28.6 Å². The fourth-order valence-electron chi connectivity index (χ4n) is 8.16. The molecule has 4 rings (SSSR count). The predicted molar refractivity (Wildman–Crippen MR) is 166 cm³/mol. The highest BCUT2D eigenvalue weighted by atomic mass is 16.6. The van der Waals surface area contributed by atoms with E-state index in [1.54, 1.807) is 19.9 Å². The summed E-state index contributed by atoms with van der Waals surface area (Å²) in [6.07, 6.45) is 13.7. The molecular formula is C36H52O6. The molecule has 3 aliphatic rings. The monoisotopic (exact) mass is 580 g/mol. The number of aromatic hydroxyl groups is 1. The first-order chi connectivity index (χ1) is 19.6. The zero-order valence-electron chi connectivity index (χ0n) is 27.0. The van der Waals surface area contributed by atoms with Crippen LogP contribution in [0.25, 0.3) is 0 Å². The first-order valence-electron chi connectivity index (χ1n) is 15.9. The summed E-state index contributed by atoms with van der Waals surface area (Å²) in [7, 11) is 0. The number of allylic oxidation sites excluding steroid dienone is 4. The summed E-state index contributed by atoms with van der Waals surface area (Å²) >= 11 is 0. The van der Waals surface area contributed by atoms with E-state index in [-0.39, 0.29) is 40.7 Å². The normalized spacial score (nSPS) is 33.7. The lowest BCUT2D eigenvalue weighted by Crippen LogP contribution is -2.57. The molecule has 42 heavy (non-hydrogen) atoms. The zero-order chi connectivity index (χ0) is 31.0. The molecule has 1 aromatic rings. The Balaban J connectivity index is 1.57. The number of hydrogen-bond acceptors (Lipinski definition) is 6. The van der Waals surface area contributed by atoms with Crippen molar-refractivity contribution in [3.63, 3.8) is 0 Å². The van der Waals surface area contributed by atoms with Gasteiger partial charge in [0.15, 0.2) is 0 Å². The molecule has 2 aliphatic carbocycles. The van der Waals surface area contributed by atoms with Crippen LogP contribution in [-0.4, -0.2) is 28.9 Å². The Hall–Kier alpha value is -2.60. The molecule has 0 bridgehead atoms. The average Bonchev–Trinajstić information content (AvgIpc) is 3.02. The second-order valence-electron chi connectivity index (χ2n) is 14.3. The average molecular weight is 581 g/mol. The molecule has 0 aromatic carbocycles. The maximum atomic E-state index is 12.9. The van der Waals surface area contributed by atoms with Crippen LogP contribution < -0.4 is 5.63 Å². The number of carbonyl (C=O) groups is 1. The highest BCUT2D eigenvalue weighted by Crippen LogP contribution is 2.64. The lowest BCUT2D eigenvalue weighted by Gasteiger charge is -2.61. The van der Waals surface area contributed by atoms with Crippen LogP contribution in [0.2, 0.25) is 0 Å². The molecule has 0 amide bonds. The second kappa shape index (κ2) is 12.2. The van der Waals surface area contributed by atoms with Gasteiger partial charge in [0.25, 0.3) is 0 Å². The van der Waals surface area contributed by atoms with Crippen molar-refractivity contribution >= 4 is 5.97 Å². The molecule has 6 heteroatoms. The van der Waals surface area contributed by atoms with Crippen molar-refractivity contribution in [2.45, 2.75) is 125 Å². The molecule has 0 radical (unpaired) electrons. The molecule has 1 saturated heterocycles. The summed E-state index contributed by atoms with van der Waals surface area (Å²) < 4.78 is 18.4. The largest absolute Gasteiger partial charge is 0.507 e. The van der Waals surface area contributed by atoms with Crippen LogP contribution in [0.4, 0.5) is 0 Å². The van der Waals surface area contributed by atoms with Gasteiger partial charge in [-0.1, -0.05) is 64.5 Å². The third kappa shape index (κ3) is 6.06. The van der Waals surface area contributed by atoms with E-state index in [9.17, 15) is 14.7 Å². The van der Waals surface area contributed by atoms with E-state index in [0.29, 0.717) is 35.1 Å². The van der Waals surface area contributed by atoms with Gasteiger partial charge in [-0.15, -0.1) is 0 Å². The SMILES string of the molecule is C=C1CCC2C3(C)CCC(OC(=O)/C=C/C=C/C(C)CC)C(C)(C)OC3CCC2(C)C1Cc1c(O)c(C)c(C)oc1=O. The van der Waals surface area contributed by atoms with Gasteiger partial charge in [0.1, 0.15) is 17.6 Å².